The van der Waals surface area contributed by atoms with Crippen LogP contribution in [0.2, 0.25) is 0 Å². The van der Waals surface area contributed by atoms with Crippen LogP contribution in [0.1, 0.15) is 11.5 Å². The van der Waals surface area contributed by atoms with Gasteiger partial charge in [-0.2, -0.15) is 0 Å². The lowest BCUT2D eigenvalue weighted by atomic mass is 10.2. The van der Waals surface area contributed by atoms with Crippen LogP contribution in [0.3, 0.4) is 0 Å². The van der Waals surface area contributed by atoms with Crippen LogP contribution in [0.4, 0.5) is 0 Å². The van der Waals surface area contributed by atoms with Gasteiger partial charge in [0.2, 0.25) is 0 Å². The van der Waals surface area contributed by atoms with Crippen LogP contribution in [0.25, 0.3) is 22.6 Å². The fourth-order valence-corrected chi connectivity index (χ4v) is 2.20. The van der Waals surface area contributed by atoms with Gasteiger partial charge in [-0.25, -0.2) is 9.97 Å². The highest BCUT2D eigenvalue weighted by molar-refractivity contribution is 9.10. The van der Waals surface area contributed by atoms with E-state index in [1.165, 1.54) is 0 Å². The van der Waals surface area contributed by atoms with Gasteiger partial charge < -0.3 is 9.40 Å². The van der Waals surface area contributed by atoms with E-state index in [1.54, 1.807) is 6.20 Å². The van der Waals surface area contributed by atoms with E-state index < -0.39 is 0 Å². The molecule has 0 aliphatic rings. The normalized spacial score (nSPS) is 11.2. The quantitative estimate of drug-likeness (QED) is 0.745. The van der Waals surface area contributed by atoms with Gasteiger partial charge in [0.15, 0.2) is 5.65 Å². The van der Waals surface area contributed by atoms with E-state index in [2.05, 4.69) is 30.9 Å². The van der Waals surface area contributed by atoms with Crippen LogP contribution in [0.15, 0.2) is 27.2 Å². The standard InChI is InChI=1S/C12H10BrN3O/c1-6-3-9(7(2)17-6)11-15-10-4-8(13)5-14-12(10)16-11/h3-5H,1-2H3,(H,14,15,16). The van der Waals surface area contributed by atoms with Crippen molar-refractivity contribution in [3.63, 3.8) is 0 Å². The summed E-state index contributed by atoms with van der Waals surface area (Å²) in [5.74, 6) is 2.53. The number of aromatic amines is 1. The van der Waals surface area contributed by atoms with E-state index in [0.29, 0.717) is 5.65 Å². The molecule has 0 amide bonds. The number of nitrogens with one attached hydrogen (secondary N) is 1. The topological polar surface area (TPSA) is 54.7 Å². The molecule has 3 aromatic heterocycles. The molecule has 0 spiro atoms. The molecule has 3 aromatic rings. The summed E-state index contributed by atoms with van der Waals surface area (Å²) in [5.41, 5.74) is 2.60. The molecule has 0 aromatic carbocycles. The largest absolute Gasteiger partial charge is 0.466 e. The molecule has 0 aliphatic heterocycles. The van der Waals surface area contributed by atoms with Crippen LogP contribution in [-0.4, -0.2) is 15.0 Å². The molecule has 0 aliphatic carbocycles. The molecule has 0 bridgehead atoms. The van der Waals surface area contributed by atoms with E-state index >= 15 is 0 Å². The summed E-state index contributed by atoms with van der Waals surface area (Å²) >= 11 is 3.39. The zero-order chi connectivity index (χ0) is 12.0. The van der Waals surface area contributed by atoms with Crippen molar-refractivity contribution in [3.05, 3.63) is 34.3 Å². The van der Waals surface area contributed by atoms with Crippen LogP contribution >= 0.6 is 15.9 Å². The third-order valence-electron chi connectivity index (χ3n) is 2.60. The number of hydrogen-bond donors (Lipinski definition) is 1. The number of fused-ring (bicyclic) bond motifs is 1. The minimum absolute atomic E-state index is 0.710. The lowest BCUT2D eigenvalue weighted by molar-refractivity contribution is 0.505. The fraction of sp³-hybridized carbons (Fsp3) is 0.167. The maximum atomic E-state index is 5.50. The van der Waals surface area contributed by atoms with Gasteiger partial charge in [-0.3, -0.25) is 0 Å². The van der Waals surface area contributed by atoms with Gasteiger partial charge in [-0.1, -0.05) is 0 Å². The predicted octanol–water partition coefficient (Wildman–Crippen LogP) is 3.60. The summed E-state index contributed by atoms with van der Waals surface area (Å²) in [6.45, 7) is 3.85. The zero-order valence-electron chi connectivity index (χ0n) is 9.41. The summed E-state index contributed by atoms with van der Waals surface area (Å²) in [5, 5.41) is 0. The summed E-state index contributed by atoms with van der Waals surface area (Å²) < 4.78 is 6.43. The van der Waals surface area contributed by atoms with Crippen molar-refractivity contribution < 1.29 is 4.42 Å². The van der Waals surface area contributed by atoms with Crippen molar-refractivity contribution in [2.45, 2.75) is 13.8 Å². The molecule has 86 valence electrons. The van der Waals surface area contributed by atoms with Crippen molar-refractivity contribution in [1.29, 1.82) is 0 Å². The van der Waals surface area contributed by atoms with Crippen molar-refractivity contribution in [1.82, 2.24) is 15.0 Å². The van der Waals surface area contributed by atoms with E-state index in [9.17, 15) is 0 Å². The van der Waals surface area contributed by atoms with Gasteiger partial charge in [0.25, 0.3) is 0 Å². The summed E-state index contributed by atoms with van der Waals surface area (Å²) in [6, 6.07) is 3.93. The maximum absolute atomic E-state index is 5.50. The molecule has 1 N–H and O–H groups in total. The Bertz CT molecular complexity index is 699. The van der Waals surface area contributed by atoms with Crippen LogP contribution in [0.5, 0.6) is 0 Å². The summed E-state index contributed by atoms with van der Waals surface area (Å²) in [6.07, 6.45) is 1.74. The number of aryl methyl sites for hydroxylation is 2. The average molecular weight is 292 g/mol. The highest BCUT2D eigenvalue weighted by Gasteiger charge is 2.12. The lowest BCUT2D eigenvalue weighted by Crippen LogP contribution is -1.79. The molecule has 0 saturated heterocycles. The Morgan fingerprint density at radius 3 is 2.82 bits per heavy atom. The minimum Gasteiger partial charge on any atom is -0.466 e. The maximum Gasteiger partial charge on any atom is 0.178 e. The number of aromatic nitrogens is 3. The van der Waals surface area contributed by atoms with Gasteiger partial charge in [-0.05, 0) is 41.9 Å². The average Bonchev–Trinajstić information content (AvgIpc) is 2.80. The molecule has 3 rings (SSSR count). The Morgan fingerprint density at radius 1 is 1.29 bits per heavy atom. The Hall–Kier alpha value is -1.62. The number of nitrogens with zero attached hydrogens (tertiary/aromatic N) is 2. The minimum atomic E-state index is 0.710. The van der Waals surface area contributed by atoms with Crippen molar-refractivity contribution in [2.75, 3.05) is 0 Å². The molecule has 0 saturated carbocycles. The first-order chi connectivity index (χ1) is 8.13. The third kappa shape index (κ3) is 1.76. The van der Waals surface area contributed by atoms with Crippen LogP contribution in [-0.2, 0) is 0 Å². The first-order valence-corrected chi connectivity index (χ1v) is 6.01. The fourth-order valence-electron chi connectivity index (χ4n) is 1.87. The summed E-state index contributed by atoms with van der Waals surface area (Å²) in [7, 11) is 0. The number of hydrogen-bond acceptors (Lipinski definition) is 3. The van der Waals surface area contributed by atoms with E-state index in [1.807, 2.05) is 26.0 Å². The number of pyridine rings is 1. The Kier molecular flexibility index (Phi) is 2.29. The van der Waals surface area contributed by atoms with E-state index in [-0.39, 0.29) is 0 Å². The Morgan fingerprint density at radius 2 is 2.12 bits per heavy atom. The predicted molar refractivity (Wildman–Crippen MR) is 68.8 cm³/mol. The smallest absolute Gasteiger partial charge is 0.178 e. The van der Waals surface area contributed by atoms with Gasteiger partial charge in [0.05, 0.1) is 11.1 Å². The molecule has 17 heavy (non-hydrogen) atoms. The highest BCUT2D eigenvalue weighted by Crippen LogP contribution is 2.26. The number of imidazole rings is 1. The monoisotopic (exact) mass is 291 g/mol. The molecule has 3 heterocycles. The van der Waals surface area contributed by atoms with E-state index in [4.69, 9.17) is 4.42 Å². The molecular weight excluding hydrogens is 282 g/mol. The third-order valence-corrected chi connectivity index (χ3v) is 3.03. The first-order valence-electron chi connectivity index (χ1n) is 5.22. The van der Waals surface area contributed by atoms with Gasteiger partial charge in [-0.15, -0.1) is 0 Å². The molecule has 0 fully saturated rings. The van der Waals surface area contributed by atoms with Crippen molar-refractivity contribution >= 4 is 27.1 Å². The van der Waals surface area contributed by atoms with Gasteiger partial charge in [0, 0.05) is 10.7 Å². The first kappa shape index (κ1) is 10.5. The second-order valence-electron chi connectivity index (χ2n) is 3.94. The highest BCUT2D eigenvalue weighted by atomic mass is 79.9. The van der Waals surface area contributed by atoms with Crippen molar-refractivity contribution in [3.8, 4) is 11.4 Å². The lowest BCUT2D eigenvalue weighted by Gasteiger charge is -1.90. The second-order valence-corrected chi connectivity index (χ2v) is 4.85. The molecular formula is C12H10BrN3O. The summed E-state index contributed by atoms with van der Waals surface area (Å²) in [4.78, 5) is 11.9. The number of furan rings is 1. The number of halogens is 1. The second kappa shape index (κ2) is 3.70. The molecule has 0 radical (unpaired) electrons. The SMILES string of the molecule is Cc1cc(-c2nc3ncc(Br)cc3[nH]2)c(C)o1. The Balaban J connectivity index is 2.21. The zero-order valence-corrected chi connectivity index (χ0v) is 11.0. The molecule has 0 atom stereocenters. The van der Waals surface area contributed by atoms with Crippen LogP contribution < -0.4 is 0 Å². The molecule has 5 heteroatoms. The van der Waals surface area contributed by atoms with E-state index in [0.717, 1.165) is 32.9 Å². The van der Waals surface area contributed by atoms with Crippen LogP contribution in [0, 0.1) is 13.8 Å². The number of rotatable bonds is 1. The Labute approximate surface area is 106 Å². The molecule has 4 nitrogen and oxygen atoms in total. The number of H-pyrrole nitrogens is 1. The van der Waals surface area contributed by atoms with Crippen molar-refractivity contribution in [2.24, 2.45) is 0 Å². The molecule has 0 unspecified atom stereocenters. The van der Waals surface area contributed by atoms with Gasteiger partial charge >= 0.3 is 0 Å². The van der Waals surface area contributed by atoms with Gasteiger partial charge in [0.1, 0.15) is 17.3 Å².